The van der Waals surface area contributed by atoms with Gasteiger partial charge in [-0.3, -0.25) is 0 Å². The minimum atomic E-state index is -0.445. The van der Waals surface area contributed by atoms with Crippen LogP contribution in [0.4, 0.5) is 0 Å². The molecule has 0 aromatic heterocycles. The van der Waals surface area contributed by atoms with Crippen LogP contribution in [0.1, 0.15) is 29.8 Å². The van der Waals surface area contributed by atoms with E-state index >= 15 is 0 Å². The molecular formula is C14H14BrClO2S. The maximum absolute atomic E-state index is 11.7. The van der Waals surface area contributed by atoms with Gasteiger partial charge in [0.25, 0.3) is 0 Å². The standard InChI is InChI=1S/C14H14BrClO2S/c1-4-6-9-12(16)10(14(17)18-3)8-11(15)13(9)19-7-5-2/h4-8H,1-3H3. The molecule has 1 aromatic carbocycles. The zero-order valence-electron chi connectivity index (χ0n) is 10.9. The second kappa shape index (κ2) is 7.78. The average molecular weight is 362 g/mol. The second-order valence-electron chi connectivity index (χ2n) is 3.54. The Morgan fingerprint density at radius 3 is 2.63 bits per heavy atom. The Bertz CT molecular complexity index is 539. The lowest BCUT2D eigenvalue weighted by atomic mass is 10.1. The van der Waals surface area contributed by atoms with Gasteiger partial charge < -0.3 is 4.74 Å². The molecule has 0 saturated carbocycles. The highest BCUT2D eigenvalue weighted by Gasteiger charge is 2.18. The van der Waals surface area contributed by atoms with Crippen molar-refractivity contribution in [1.29, 1.82) is 0 Å². The van der Waals surface area contributed by atoms with Crippen LogP contribution >= 0.6 is 39.3 Å². The van der Waals surface area contributed by atoms with Crippen LogP contribution in [-0.2, 0) is 4.74 Å². The first-order valence-corrected chi connectivity index (χ1v) is 7.62. The van der Waals surface area contributed by atoms with Crippen molar-refractivity contribution in [3.05, 3.63) is 44.2 Å². The van der Waals surface area contributed by atoms with E-state index in [0.717, 1.165) is 14.9 Å². The summed E-state index contributed by atoms with van der Waals surface area (Å²) in [5.41, 5.74) is 1.16. The van der Waals surface area contributed by atoms with Crippen LogP contribution in [0, 0.1) is 0 Å². The molecule has 1 rings (SSSR count). The SMILES string of the molecule is CC=CSc1c(Br)cc(C(=O)OC)c(Cl)c1C=CC. The molecular weight excluding hydrogens is 348 g/mol. The van der Waals surface area contributed by atoms with Crippen molar-refractivity contribution in [3.8, 4) is 0 Å². The van der Waals surface area contributed by atoms with Gasteiger partial charge >= 0.3 is 5.97 Å². The van der Waals surface area contributed by atoms with E-state index < -0.39 is 5.97 Å². The highest BCUT2D eigenvalue weighted by atomic mass is 79.9. The zero-order chi connectivity index (χ0) is 14.4. The normalized spacial score (nSPS) is 11.4. The number of esters is 1. The topological polar surface area (TPSA) is 26.3 Å². The first kappa shape index (κ1) is 16.3. The highest BCUT2D eigenvalue weighted by molar-refractivity contribution is 9.10. The van der Waals surface area contributed by atoms with Crippen LogP contribution in [0.25, 0.3) is 6.08 Å². The molecule has 0 atom stereocenters. The third-order valence-electron chi connectivity index (χ3n) is 2.27. The van der Waals surface area contributed by atoms with Gasteiger partial charge in [-0.1, -0.05) is 41.6 Å². The number of halogens is 2. The fraction of sp³-hybridized carbons (Fsp3) is 0.214. The number of hydrogen-bond donors (Lipinski definition) is 0. The third kappa shape index (κ3) is 3.88. The van der Waals surface area contributed by atoms with E-state index in [2.05, 4.69) is 15.9 Å². The number of allylic oxidation sites excluding steroid dienone is 2. The molecule has 0 amide bonds. The van der Waals surface area contributed by atoms with E-state index in [1.54, 1.807) is 17.8 Å². The number of methoxy groups -OCH3 is 1. The summed E-state index contributed by atoms with van der Waals surface area (Å²) in [6, 6.07) is 1.69. The predicted molar refractivity (Wildman–Crippen MR) is 85.9 cm³/mol. The van der Waals surface area contributed by atoms with Gasteiger partial charge in [-0.2, -0.15) is 0 Å². The van der Waals surface area contributed by atoms with Crippen LogP contribution in [0.2, 0.25) is 5.02 Å². The Hall–Kier alpha value is -0.710. The maximum atomic E-state index is 11.7. The molecule has 0 saturated heterocycles. The van der Waals surface area contributed by atoms with Crippen molar-refractivity contribution in [3.63, 3.8) is 0 Å². The summed E-state index contributed by atoms with van der Waals surface area (Å²) in [6.45, 7) is 3.85. The fourth-order valence-corrected chi connectivity index (χ4v) is 3.27. The van der Waals surface area contributed by atoms with Gasteiger partial charge in [-0.15, -0.1) is 0 Å². The summed E-state index contributed by atoms with van der Waals surface area (Å²) in [7, 11) is 1.34. The van der Waals surface area contributed by atoms with Crippen molar-refractivity contribution < 1.29 is 9.53 Å². The number of hydrogen-bond acceptors (Lipinski definition) is 3. The molecule has 0 heterocycles. The molecule has 0 spiro atoms. The summed E-state index contributed by atoms with van der Waals surface area (Å²) in [5.74, 6) is -0.445. The van der Waals surface area contributed by atoms with Crippen LogP contribution < -0.4 is 0 Å². The van der Waals surface area contributed by atoms with Gasteiger partial charge in [0.15, 0.2) is 0 Å². The molecule has 0 aliphatic carbocycles. The van der Waals surface area contributed by atoms with Crippen molar-refractivity contribution in [2.45, 2.75) is 18.7 Å². The Morgan fingerprint density at radius 2 is 2.11 bits per heavy atom. The number of thioether (sulfide) groups is 1. The molecule has 0 aliphatic rings. The molecule has 2 nitrogen and oxygen atoms in total. The lowest BCUT2D eigenvalue weighted by Crippen LogP contribution is -2.04. The van der Waals surface area contributed by atoms with E-state index in [4.69, 9.17) is 16.3 Å². The van der Waals surface area contributed by atoms with E-state index in [0.29, 0.717) is 10.6 Å². The predicted octanol–water partition coefficient (Wildman–Crippen LogP) is 5.55. The zero-order valence-corrected chi connectivity index (χ0v) is 14.0. The monoisotopic (exact) mass is 360 g/mol. The molecule has 1 aromatic rings. The Morgan fingerprint density at radius 1 is 1.42 bits per heavy atom. The summed E-state index contributed by atoms with van der Waals surface area (Å²) in [6.07, 6.45) is 5.71. The average Bonchev–Trinajstić information content (AvgIpc) is 2.41. The second-order valence-corrected chi connectivity index (χ2v) is 5.69. The van der Waals surface area contributed by atoms with Gasteiger partial charge in [0, 0.05) is 14.9 Å². The molecule has 0 fully saturated rings. The summed E-state index contributed by atoms with van der Waals surface area (Å²) in [4.78, 5) is 12.7. The molecule has 0 radical (unpaired) electrons. The van der Waals surface area contributed by atoms with Crippen molar-refractivity contribution in [1.82, 2.24) is 0 Å². The van der Waals surface area contributed by atoms with E-state index in [1.165, 1.54) is 7.11 Å². The molecule has 102 valence electrons. The van der Waals surface area contributed by atoms with Crippen LogP contribution in [0.15, 0.2) is 33.0 Å². The third-order valence-corrected chi connectivity index (χ3v) is 4.65. The quantitative estimate of drug-likeness (QED) is 0.519. The lowest BCUT2D eigenvalue weighted by molar-refractivity contribution is 0.0600. The Balaban J connectivity index is 3.49. The highest BCUT2D eigenvalue weighted by Crippen LogP contribution is 2.39. The van der Waals surface area contributed by atoms with Gasteiger partial charge in [-0.05, 0) is 41.3 Å². The van der Waals surface area contributed by atoms with Crippen molar-refractivity contribution in [2.24, 2.45) is 0 Å². The first-order chi connectivity index (χ1) is 9.06. The van der Waals surface area contributed by atoms with Gasteiger partial charge in [0.2, 0.25) is 0 Å². The van der Waals surface area contributed by atoms with Crippen LogP contribution in [0.5, 0.6) is 0 Å². The molecule has 0 N–H and O–H groups in total. The van der Waals surface area contributed by atoms with Crippen molar-refractivity contribution >= 4 is 51.3 Å². The molecule has 0 aliphatic heterocycles. The smallest absolute Gasteiger partial charge is 0.339 e. The number of rotatable bonds is 4. The van der Waals surface area contributed by atoms with Crippen molar-refractivity contribution in [2.75, 3.05) is 7.11 Å². The molecule has 0 bridgehead atoms. The number of ether oxygens (including phenoxy) is 1. The number of carbonyl (C=O) groups excluding carboxylic acids is 1. The lowest BCUT2D eigenvalue weighted by Gasteiger charge is -2.12. The minimum Gasteiger partial charge on any atom is -0.465 e. The molecule has 0 unspecified atom stereocenters. The van der Waals surface area contributed by atoms with Crippen LogP contribution in [-0.4, -0.2) is 13.1 Å². The van der Waals surface area contributed by atoms with Gasteiger partial charge in [0.05, 0.1) is 17.7 Å². The van der Waals surface area contributed by atoms with Gasteiger partial charge in [-0.25, -0.2) is 4.79 Å². The minimum absolute atomic E-state index is 0.356. The molecule has 5 heteroatoms. The first-order valence-electron chi connectivity index (χ1n) is 5.57. The van der Waals surface area contributed by atoms with E-state index in [-0.39, 0.29) is 0 Å². The Labute approximate surface area is 131 Å². The fourth-order valence-electron chi connectivity index (χ4n) is 1.46. The maximum Gasteiger partial charge on any atom is 0.339 e. The summed E-state index contributed by atoms with van der Waals surface area (Å²) >= 11 is 11.3. The number of carbonyl (C=O) groups is 1. The summed E-state index contributed by atoms with van der Waals surface area (Å²) < 4.78 is 5.55. The van der Waals surface area contributed by atoms with Gasteiger partial charge in [0.1, 0.15) is 0 Å². The largest absolute Gasteiger partial charge is 0.465 e. The Kier molecular flexibility index (Phi) is 6.69. The number of benzene rings is 1. The van der Waals surface area contributed by atoms with E-state index in [1.807, 2.05) is 37.5 Å². The summed E-state index contributed by atoms with van der Waals surface area (Å²) in [5, 5.41) is 2.36. The molecule has 19 heavy (non-hydrogen) atoms. The van der Waals surface area contributed by atoms with E-state index in [9.17, 15) is 4.79 Å². The van der Waals surface area contributed by atoms with Crippen LogP contribution in [0.3, 0.4) is 0 Å².